The molecule has 4 rings (SSSR count). The van der Waals surface area contributed by atoms with Gasteiger partial charge in [-0.1, -0.05) is 33.8 Å². The molecule has 0 aliphatic carbocycles. The fraction of sp³-hybridized carbons (Fsp3) is 0.800. The molecule has 4 heterocycles. The number of aliphatic hydroxyl groups excluding tert-OH is 1. The summed E-state index contributed by atoms with van der Waals surface area (Å²) in [5, 5.41) is 14.9. The number of nitrogens with zero attached hydrogens (tertiary/aromatic N) is 4. The molecular weight excluding hydrogens is 713 g/mol. The lowest BCUT2D eigenvalue weighted by Gasteiger charge is -2.48. The topological polar surface area (TPSA) is 166 Å². The molecule has 1 amide bonds. The summed E-state index contributed by atoms with van der Waals surface area (Å²) < 4.78 is 47.5. The molecule has 0 bridgehead atoms. The molecular formula is C40H66FN5O9. The van der Waals surface area contributed by atoms with E-state index < -0.39 is 83.2 Å². The number of esters is 1. The van der Waals surface area contributed by atoms with Crippen molar-refractivity contribution in [2.24, 2.45) is 23.5 Å². The highest BCUT2D eigenvalue weighted by Crippen LogP contribution is 2.44. The number of pyridine rings is 1. The average molecular weight is 780 g/mol. The second kappa shape index (κ2) is 17.8. The molecule has 55 heavy (non-hydrogen) atoms. The van der Waals surface area contributed by atoms with E-state index >= 15 is 4.39 Å². The monoisotopic (exact) mass is 779 g/mol. The van der Waals surface area contributed by atoms with Gasteiger partial charge in [0.25, 0.3) is 5.67 Å². The predicted molar refractivity (Wildman–Crippen MR) is 203 cm³/mol. The number of rotatable bonds is 10. The van der Waals surface area contributed by atoms with E-state index in [1.165, 1.54) is 21.0 Å². The Bertz CT molecular complexity index is 1470. The number of ether oxygens (including phenoxy) is 5. The van der Waals surface area contributed by atoms with Gasteiger partial charge in [-0.05, 0) is 97.9 Å². The average Bonchev–Trinajstić information content (AvgIpc) is 3.42. The molecule has 3 saturated heterocycles. The van der Waals surface area contributed by atoms with Crippen LogP contribution in [-0.4, -0.2) is 143 Å². The Hall–Kier alpha value is -2.79. The Morgan fingerprint density at radius 2 is 1.80 bits per heavy atom. The number of methoxy groups -OCH3 is 1. The maximum atomic E-state index is 16.8. The van der Waals surface area contributed by atoms with Crippen molar-refractivity contribution in [1.29, 1.82) is 0 Å². The molecule has 3 fully saturated rings. The molecule has 15 heteroatoms. The summed E-state index contributed by atoms with van der Waals surface area (Å²) in [6, 6.07) is 2.20. The van der Waals surface area contributed by atoms with E-state index in [4.69, 9.17) is 29.4 Å². The van der Waals surface area contributed by atoms with Gasteiger partial charge in [-0.15, -0.1) is 0 Å². The van der Waals surface area contributed by atoms with Crippen molar-refractivity contribution in [2.75, 3.05) is 34.3 Å². The third-order valence-corrected chi connectivity index (χ3v) is 12.5. The van der Waals surface area contributed by atoms with Crippen molar-refractivity contribution in [3.05, 3.63) is 30.1 Å². The molecule has 1 aromatic rings. The normalized spacial score (nSPS) is 40.9. The summed E-state index contributed by atoms with van der Waals surface area (Å²) in [5.41, 5.74) is 2.30. The van der Waals surface area contributed by atoms with E-state index in [0.29, 0.717) is 25.9 Å². The van der Waals surface area contributed by atoms with Gasteiger partial charge >= 0.3 is 12.1 Å². The number of alkyl halides is 1. The lowest BCUT2D eigenvalue weighted by molar-refractivity contribution is -0.296. The van der Waals surface area contributed by atoms with Crippen molar-refractivity contribution in [2.45, 2.75) is 154 Å². The van der Waals surface area contributed by atoms with Gasteiger partial charge in [-0.2, -0.15) is 0 Å². The summed E-state index contributed by atoms with van der Waals surface area (Å²) in [6.07, 6.45) is 0.0665. The first kappa shape index (κ1) is 44.9. The van der Waals surface area contributed by atoms with Crippen LogP contribution >= 0.6 is 0 Å². The van der Waals surface area contributed by atoms with Crippen LogP contribution in [0, 0.1) is 17.8 Å². The number of amides is 1. The van der Waals surface area contributed by atoms with Crippen LogP contribution in [-0.2, 0) is 39.7 Å². The number of halogens is 1. The number of aliphatic hydroxyl groups is 1. The minimum absolute atomic E-state index is 0.219. The Balaban J connectivity index is 1.76. The van der Waals surface area contributed by atoms with Gasteiger partial charge in [0.1, 0.15) is 12.2 Å². The first-order chi connectivity index (χ1) is 25.6. The first-order valence-corrected chi connectivity index (χ1v) is 19.7. The molecule has 3 N–H and O–H groups in total. The Kier molecular flexibility index (Phi) is 14.5. The minimum atomic E-state index is -3.14. The van der Waals surface area contributed by atoms with E-state index in [1.807, 2.05) is 70.0 Å². The van der Waals surface area contributed by atoms with Gasteiger partial charge in [0.2, 0.25) is 0 Å². The van der Waals surface area contributed by atoms with E-state index in [1.54, 1.807) is 25.1 Å². The number of carbonyl (C=O) groups excluding carboxylic acids is 3. The lowest BCUT2D eigenvalue weighted by Crippen LogP contribution is -2.64. The third kappa shape index (κ3) is 9.18. The maximum Gasteiger partial charge on any atom is 0.425 e. The number of hydrogen-bond donors (Lipinski definition) is 2. The molecule has 0 spiro atoms. The molecule has 3 aliphatic rings. The molecule has 0 radical (unpaired) electrons. The number of fused-ring (bicyclic) bond motifs is 1. The van der Waals surface area contributed by atoms with Crippen LogP contribution in [0.15, 0.2) is 24.5 Å². The molecule has 2 unspecified atom stereocenters. The van der Waals surface area contributed by atoms with Gasteiger partial charge in [-0.25, -0.2) is 24.0 Å². The Labute approximate surface area is 326 Å². The summed E-state index contributed by atoms with van der Waals surface area (Å²) in [7, 11) is 5.16. The molecule has 1 aromatic heterocycles. The number of likely N-dealkylation sites (N-methyl/N-ethyl adjacent to an activating group) is 1. The number of Topliss-reactive ketones (excluding diaryl/α,β-unsaturated/α-hetero) is 1. The number of nitrogens with two attached hydrogens (primary N) is 1. The van der Waals surface area contributed by atoms with Crippen LogP contribution in [0.3, 0.4) is 0 Å². The van der Waals surface area contributed by atoms with Crippen LogP contribution in [0.4, 0.5) is 9.18 Å². The highest BCUT2D eigenvalue weighted by molar-refractivity contribution is 6.07. The number of carbonyl (C=O) groups is 3. The summed E-state index contributed by atoms with van der Waals surface area (Å²) in [5.74, 6) is -4.61. The Morgan fingerprint density at radius 3 is 2.38 bits per heavy atom. The zero-order valence-electron chi connectivity index (χ0n) is 34.9. The van der Waals surface area contributed by atoms with Crippen LogP contribution in [0.5, 0.6) is 0 Å². The van der Waals surface area contributed by atoms with Gasteiger partial charge < -0.3 is 39.4 Å². The number of ketones is 1. The molecule has 0 aromatic carbocycles. The van der Waals surface area contributed by atoms with E-state index in [-0.39, 0.29) is 24.5 Å². The second-order valence-electron chi connectivity index (χ2n) is 16.8. The summed E-state index contributed by atoms with van der Waals surface area (Å²) in [6.45, 7) is 15.9. The number of hydrazine groups is 1. The largest absolute Gasteiger partial charge is 0.456 e. The molecule has 0 saturated carbocycles. The van der Waals surface area contributed by atoms with E-state index in [2.05, 4.69) is 4.98 Å². The smallest absolute Gasteiger partial charge is 0.425 e. The van der Waals surface area contributed by atoms with Gasteiger partial charge in [0, 0.05) is 50.6 Å². The number of aromatic nitrogens is 1. The van der Waals surface area contributed by atoms with Crippen molar-refractivity contribution in [3.63, 3.8) is 0 Å². The summed E-state index contributed by atoms with van der Waals surface area (Å²) >= 11 is 0. The number of aryl methyl sites for hydroxylation is 1. The quantitative estimate of drug-likeness (QED) is 0.260. The van der Waals surface area contributed by atoms with Crippen LogP contribution in [0.1, 0.15) is 87.1 Å². The first-order valence-electron chi connectivity index (χ1n) is 19.7. The van der Waals surface area contributed by atoms with Gasteiger partial charge in [-0.3, -0.25) is 9.78 Å². The predicted octanol–water partition coefficient (Wildman–Crippen LogP) is 3.92. The van der Waals surface area contributed by atoms with Crippen LogP contribution < -0.4 is 5.73 Å². The minimum Gasteiger partial charge on any atom is -0.456 e. The van der Waals surface area contributed by atoms with Gasteiger partial charge in [0.05, 0.1) is 23.9 Å². The van der Waals surface area contributed by atoms with Crippen LogP contribution in [0.2, 0.25) is 0 Å². The fourth-order valence-electron chi connectivity index (χ4n) is 8.90. The number of cyclic esters (lactones) is 1. The second-order valence-corrected chi connectivity index (χ2v) is 16.8. The fourth-order valence-corrected chi connectivity index (χ4v) is 8.90. The van der Waals surface area contributed by atoms with Crippen LogP contribution in [0.25, 0.3) is 0 Å². The van der Waals surface area contributed by atoms with Crippen molar-refractivity contribution in [3.8, 4) is 0 Å². The van der Waals surface area contributed by atoms with Crippen molar-refractivity contribution < 1.29 is 47.6 Å². The van der Waals surface area contributed by atoms with E-state index in [9.17, 15) is 19.5 Å². The maximum absolute atomic E-state index is 16.8. The molecule has 3 aliphatic heterocycles. The highest BCUT2D eigenvalue weighted by Gasteiger charge is 2.62. The van der Waals surface area contributed by atoms with Crippen molar-refractivity contribution in [1.82, 2.24) is 19.9 Å². The zero-order valence-corrected chi connectivity index (χ0v) is 34.9. The standard InChI is InChI=1S/C40H66FN5O9/c1-13-45(19-15-17-28-16-14-18-43-22-28)46-32-25(4)30(42)23(2)21-38(7,51-12)34(54-35-31(47)29(44(10)11)20-24(3)52-35)26(5)33(48)39(8,41)36(49)53-27(6)40(32,9)55-37(46)50/h14,16,18,22-27,29-32,34-35,47H,13,15,17,19-21,42H2,1-12H3/t23-,24-,25+,26+,27-,29+,30?,31-,32-,34-,35+,38+,39?,40-/m1/s1. The lowest BCUT2D eigenvalue weighted by atomic mass is 9.72. The zero-order chi connectivity index (χ0) is 41.2. The molecule has 312 valence electrons. The number of hydrogen-bond acceptors (Lipinski definition) is 13. The van der Waals surface area contributed by atoms with Crippen molar-refractivity contribution >= 4 is 17.8 Å². The molecule has 14 nitrogen and oxygen atoms in total. The van der Waals surface area contributed by atoms with Gasteiger partial charge in [0.15, 0.2) is 17.7 Å². The Morgan fingerprint density at radius 1 is 1.13 bits per heavy atom. The SMILES string of the molecule is CCN(CCCc1cccnc1)N1C(=O)O[C@]2(C)[C@@H](C)OC(=O)C(C)(F)C(=O)[C@H](C)[C@@H](O[C@@H]3O[C@H](C)C[C@H](N(C)C)[C@H]3O)[C@@](C)(OC)C[C@@H](C)C(N)[C@H](C)[C@@H]12. The highest BCUT2D eigenvalue weighted by atomic mass is 19.1. The molecule has 14 atom stereocenters. The van der Waals surface area contributed by atoms with E-state index in [0.717, 1.165) is 18.9 Å². The summed E-state index contributed by atoms with van der Waals surface area (Å²) in [4.78, 5) is 48.1. The third-order valence-electron chi connectivity index (χ3n) is 12.5.